The first kappa shape index (κ1) is 34.3. The molecule has 0 radical (unpaired) electrons. The highest BCUT2D eigenvalue weighted by Gasteiger charge is 2.41. The quantitative estimate of drug-likeness (QED) is 0.379. The highest BCUT2D eigenvalue weighted by molar-refractivity contribution is 6.00. The number of Topliss-reactive ketones (excluding diaryl/α,β-unsaturated/α-hetero) is 1. The van der Waals surface area contributed by atoms with Crippen LogP contribution < -0.4 is 16.4 Å². The SMILES string of the molecule is COC(=O)N[C@H](C(=O)N1CCC[C@H]1C(=O)N[C@H](C(=O)c1nn(CC2(C)CCCCCCCCC2)c(=O)o1)C(C)C)C(C)C. The first-order valence-electron chi connectivity index (χ1n) is 15.9. The summed E-state index contributed by atoms with van der Waals surface area (Å²) in [5.74, 6) is -3.03. The maximum Gasteiger partial charge on any atom is 0.437 e. The van der Waals surface area contributed by atoms with Gasteiger partial charge >= 0.3 is 11.8 Å². The number of nitrogens with zero attached hydrogens (tertiary/aromatic N) is 3. The van der Waals surface area contributed by atoms with E-state index in [0.29, 0.717) is 25.9 Å². The van der Waals surface area contributed by atoms with E-state index >= 15 is 0 Å². The Balaban J connectivity index is 1.73. The minimum Gasteiger partial charge on any atom is -0.453 e. The summed E-state index contributed by atoms with van der Waals surface area (Å²) in [6, 6.07) is -2.68. The molecule has 1 saturated carbocycles. The van der Waals surface area contributed by atoms with Gasteiger partial charge in [0, 0.05) is 6.54 Å². The molecule has 3 amide bonds. The van der Waals surface area contributed by atoms with Crippen LogP contribution in [0.4, 0.5) is 4.79 Å². The molecule has 1 aliphatic carbocycles. The number of likely N-dealkylation sites (tertiary alicyclic amines) is 1. The summed E-state index contributed by atoms with van der Waals surface area (Å²) in [5, 5.41) is 9.66. The van der Waals surface area contributed by atoms with Crippen molar-refractivity contribution in [2.75, 3.05) is 13.7 Å². The lowest BCUT2D eigenvalue weighted by Gasteiger charge is -2.31. The normalized spacial score (nSPS) is 20.8. The predicted octanol–water partition coefficient (Wildman–Crippen LogP) is 4.06. The highest BCUT2D eigenvalue weighted by Crippen LogP contribution is 2.34. The van der Waals surface area contributed by atoms with E-state index in [9.17, 15) is 24.0 Å². The minimum atomic E-state index is -1.00. The molecule has 1 aromatic heterocycles. The molecule has 1 aromatic rings. The number of carbonyl (C=O) groups excluding carboxylic acids is 4. The average molecular weight is 606 g/mol. The van der Waals surface area contributed by atoms with Crippen LogP contribution in [0.3, 0.4) is 0 Å². The molecule has 2 N–H and O–H groups in total. The third-order valence-corrected chi connectivity index (χ3v) is 8.89. The summed E-state index contributed by atoms with van der Waals surface area (Å²) in [7, 11) is 1.22. The van der Waals surface area contributed by atoms with Crippen molar-refractivity contribution in [2.24, 2.45) is 17.3 Å². The number of carbonyl (C=O) groups is 4. The zero-order valence-electron chi connectivity index (χ0n) is 26.8. The number of methoxy groups -OCH3 is 1. The summed E-state index contributed by atoms with van der Waals surface area (Å²) in [6.07, 6.45) is 10.5. The number of alkyl carbamates (subject to hydrolysis) is 1. The van der Waals surface area contributed by atoms with Gasteiger partial charge < -0.3 is 24.7 Å². The summed E-state index contributed by atoms with van der Waals surface area (Å²) < 4.78 is 11.3. The minimum absolute atomic E-state index is 0.126. The molecular weight excluding hydrogens is 554 g/mol. The van der Waals surface area contributed by atoms with Crippen LogP contribution in [0.25, 0.3) is 0 Å². The first-order chi connectivity index (χ1) is 20.4. The Labute approximate surface area is 254 Å². The fourth-order valence-corrected chi connectivity index (χ4v) is 6.24. The molecule has 1 aliphatic heterocycles. The average Bonchev–Trinajstić information content (AvgIpc) is 3.59. The third kappa shape index (κ3) is 9.15. The first-order valence-corrected chi connectivity index (χ1v) is 15.9. The molecule has 242 valence electrons. The highest BCUT2D eigenvalue weighted by atomic mass is 16.5. The van der Waals surface area contributed by atoms with Gasteiger partial charge in [0.2, 0.25) is 17.6 Å². The van der Waals surface area contributed by atoms with Gasteiger partial charge in [0.15, 0.2) is 0 Å². The van der Waals surface area contributed by atoms with E-state index in [1.807, 2.05) is 0 Å². The monoisotopic (exact) mass is 605 g/mol. The number of ketones is 1. The van der Waals surface area contributed by atoms with Crippen LogP contribution in [-0.4, -0.2) is 70.2 Å². The second-order valence-electron chi connectivity index (χ2n) is 13.3. The zero-order valence-corrected chi connectivity index (χ0v) is 26.8. The van der Waals surface area contributed by atoms with Gasteiger partial charge in [-0.1, -0.05) is 79.6 Å². The molecular formula is C31H51N5O7. The molecule has 2 fully saturated rings. The molecule has 1 saturated heterocycles. The molecule has 3 rings (SSSR count). The lowest BCUT2D eigenvalue weighted by molar-refractivity contribution is -0.141. The second-order valence-corrected chi connectivity index (χ2v) is 13.3. The standard InChI is InChI=1S/C31H51N5O7/c1-20(2)23(32-26(38)22-15-14-18-35(22)28(39)24(21(3)4)33-29(40)42-6)25(37)27-34-36(30(41)43-27)19-31(5)16-12-10-8-7-9-11-13-17-31/h20-24H,7-19H2,1-6H3,(H,32,38)(H,33,40)/t22-,23-,24-/m0/s1. The van der Waals surface area contributed by atoms with E-state index in [0.717, 1.165) is 25.7 Å². The van der Waals surface area contributed by atoms with Crippen LogP contribution in [0.2, 0.25) is 0 Å². The molecule has 0 spiro atoms. The van der Waals surface area contributed by atoms with Crippen LogP contribution in [0.5, 0.6) is 0 Å². The Morgan fingerprint density at radius 2 is 1.51 bits per heavy atom. The maximum absolute atomic E-state index is 13.6. The van der Waals surface area contributed by atoms with Crippen LogP contribution in [0.15, 0.2) is 9.21 Å². The lowest BCUT2D eigenvalue weighted by atomic mass is 9.79. The van der Waals surface area contributed by atoms with Crippen molar-refractivity contribution in [2.45, 2.75) is 130 Å². The molecule has 0 bridgehead atoms. The molecule has 2 heterocycles. The Kier molecular flexibility index (Phi) is 12.4. The van der Waals surface area contributed by atoms with Crippen molar-refractivity contribution in [1.82, 2.24) is 25.3 Å². The van der Waals surface area contributed by atoms with E-state index in [4.69, 9.17) is 4.42 Å². The molecule has 0 aromatic carbocycles. The van der Waals surface area contributed by atoms with Gasteiger partial charge in [0.05, 0.1) is 19.7 Å². The van der Waals surface area contributed by atoms with Gasteiger partial charge in [0.25, 0.3) is 5.89 Å². The fourth-order valence-electron chi connectivity index (χ4n) is 6.24. The van der Waals surface area contributed by atoms with Crippen LogP contribution in [-0.2, 0) is 20.9 Å². The van der Waals surface area contributed by atoms with E-state index < -0.39 is 41.7 Å². The van der Waals surface area contributed by atoms with Crippen molar-refractivity contribution < 1.29 is 28.3 Å². The molecule has 43 heavy (non-hydrogen) atoms. The second kappa shape index (κ2) is 15.5. The smallest absolute Gasteiger partial charge is 0.437 e. The van der Waals surface area contributed by atoms with E-state index in [-0.39, 0.29) is 29.0 Å². The Bertz CT molecular complexity index is 1160. The topological polar surface area (TPSA) is 153 Å². The fraction of sp³-hybridized carbons (Fsp3) is 0.806. The lowest BCUT2D eigenvalue weighted by Crippen LogP contribution is -2.57. The van der Waals surface area contributed by atoms with Crippen LogP contribution in [0, 0.1) is 17.3 Å². The largest absolute Gasteiger partial charge is 0.453 e. The molecule has 0 unspecified atom stereocenters. The van der Waals surface area contributed by atoms with E-state index in [1.54, 1.807) is 27.7 Å². The number of rotatable bonds is 10. The number of hydrogen-bond donors (Lipinski definition) is 2. The summed E-state index contributed by atoms with van der Waals surface area (Å²) in [5.41, 5.74) is -0.126. The summed E-state index contributed by atoms with van der Waals surface area (Å²) in [6.45, 7) is 10.1. The number of hydrogen-bond acceptors (Lipinski definition) is 8. The zero-order chi connectivity index (χ0) is 31.7. The van der Waals surface area contributed by atoms with Gasteiger partial charge in [-0.2, -0.15) is 4.68 Å². The number of aromatic nitrogens is 2. The van der Waals surface area contributed by atoms with Crippen LogP contribution >= 0.6 is 0 Å². The Hall–Kier alpha value is -3.18. The maximum atomic E-state index is 13.6. The Morgan fingerprint density at radius 1 is 0.930 bits per heavy atom. The van der Waals surface area contributed by atoms with Crippen molar-refractivity contribution in [1.29, 1.82) is 0 Å². The van der Waals surface area contributed by atoms with Crippen molar-refractivity contribution >= 4 is 23.7 Å². The molecule has 2 aliphatic rings. The van der Waals surface area contributed by atoms with Crippen molar-refractivity contribution in [3.63, 3.8) is 0 Å². The van der Waals surface area contributed by atoms with Gasteiger partial charge in [-0.15, -0.1) is 5.10 Å². The van der Waals surface area contributed by atoms with Crippen molar-refractivity contribution in [3.05, 3.63) is 16.4 Å². The number of amides is 3. The van der Waals surface area contributed by atoms with Gasteiger partial charge in [-0.25, -0.2) is 9.59 Å². The van der Waals surface area contributed by atoms with E-state index in [1.165, 1.54) is 48.8 Å². The van der Waals surface area contributed by atoms with Gasteiger partial charge in [-0.3, -0.25) is 14.4 Å². The molecule has 3 atom stereocenters. The summed E-state index contributed by atoms with van der Waals surface area (Å²) >= 11 is 0. The van der Waals surface area contributed by atoms with Gasteiger partial charge in [-0.05, 0) is 42.9 Å². The molecule has 12 nitrogen and oxygen atoms in total. The number of nitrogens with one attached hydrogen (secondary N) is 2. The van der Waals surface area contributed by atoms with Crippen LogP contribution in [0.1, 0.15) is 116 Å². The number of ether oxygens (including phenoxy) is 1. The summed E-state index contributed by atoms with van der Waals surface area (Å²) in [4.78, 5) is 66.5. The predicted molar refractivity (Wildman–Crippen MR) is 160 cm³/mol. The van der Waals surface area contributed by atoms with Crippen molar-refractivity contribution in [3.8, 4) is 0 Å². The molecule has 12 heteroatoms. The Morgan fingerprint density at radius 3 is 2.07 bits per heavy atom. The van der Waals surface area contributed by atoms with Gasteiger partial charge in [0.1, 0.15) is 12.1 Å². The van der Waals surface area contributed by atoms with E-state index in [2.05, 4.69) is 27.4 Å². The third-order valence-electron chi connectivity index (χ3n) is 8.89.